The molecular weight excluding hydrogens is 464 g/mol. The van der Waals surface area contributed by atoms with Gasteiger partial charge in [0.05, 0.1) is 18.8 Å². The highest BCUT2D eigenvalue weighted by molar-refractivity contribution is 6.00. The van der Waals surface area contributed by atoms with Crippen LogP contribution in [0.2, 0.25) is 0 Å². The number of nitrogens with zero attached hydrogens (tertiary/aromatic N) is 5. The Labute approximate surface area is 217 Å². The molecule has 2 aliphatic rings. The molecular formula is C29H34N6O2. The molecule has 6 rings (SSSR count). The minimum Gasteiger partial charge on any atom is -0.494 e. The number of likely N-dealkylation sites (tertiary alicyclic amines) is 1. The SMILES string of the molecule is COc1cc(C(=O)N2C[C@H](N)CC[C@@H]2C)cc2nc(-c3cnc(-c4ccccc4)n3CC3CC3)n(C)c12. The molecule has 2 aromatic carbocycles. The topological polar surface area (TPSA) is 91.2 Å². The molecule has 8 nitrogen and oxygen atoms in total. The van der Waals surface area contributed by atoms with Crippen molar-refractivity contribution < 1.29 is 9.53 Å². The molecule has 2 fully saturated rings. The number of amides is 1. The summed E-state index contributed by atoms with van der Waals surface area (Å²) in [7, 11) is 3.64. The number of hydrogen-bond donors (Lipinski definition) is 1. The van der Waals surface area contributed by atoms with E-state index in [2.05, 4.69) is 28.2 Å². The van der Waals surface area contributed by atoms with Crippen LogP contribution in [0.25, 0.3) is 33.9 Å². The lowest BCUT2D eigenvalue weighted by Gasteiger charge is -2.36. The normalized spacial score (nSPS) is 19.9. The summed E-state index contributed by atoms with van der Waals surface area (Å²) in [6.07, 6.45) is 6.25. The summed E-state index contributed by atoms with van der Waals surface area (Å²) >= 11 is 0. The van der Waals surface area contributed by atoms with E-state index in [1.807, 2.05) is 48.5 Å². The summed E-state index contributed by atoms with van der Waals surface area (Å²) < 4.78 is 10.1. The minimum atomic E-state index is -0.0276. The number of aryl methyl sites for hydroxylation is 1. The molecule has 0 bridgehead atoms. The number of hydrogen-bond acceptors (Lipinski definition) is 5. The van der Waals surface area contributed by atoms with Crippen molar-refractivity contribution in [2.24, 2.45) is 18.7 Å². The van der Waals surface area contributed by atoms with Gasteiger partial charge in [-0.05, 0) is 50.7 Å². The van der Waals surface area contributed by atoms with E-state index in [9.17, 15) is 4.79 Å². The van der Waals surface area contributed by atoms with E-state index in [1.165, 1.54) is 12.8 Å². The Bertz CT molecular complexity index is 1450. The number of carbonyl (C=O) groups excluding carboxylic acids is 1. The van der Waals surface area contributed by atoms with Crippen LogP contribution in [0, 0.1) is 5.92 Å². The number of ether oxygens (including phenoxy) is 1. The van der Waals surface area contributed by atoms with Gasteiger partial charge in [0.15, 0.2) is 5.82 Å². The average Bonchev–Trinajstić information content (AvgIpc) is 3.55. The van der Waals surface area contributed by atoms with Gasteiger partial charge in [-0.3, -0.25) is 4.79 Å². The molecule has 1 saturated carbocycles. The van der Waals surface area contributed by atoms with Crippen LogP contribution in [0.1, 0.15) is 43.0 Å². The van der Waals surface area contributed by atoms with Crippen LogP contribution in [0.5, 0.6) is 5.75 Å². The highest BCUT2D eigenvalue weighted by Gasteiger charge is 2.30. The average molecular weight is 499 g/mol. The third kappa shape index (κ3) is 4.29. The van der Waals surface area contributed by atoms with E-state index >= 15 is 0 Å². The van der Waals surface area contributed by atoms with Crippen molar-refractivity contribution in [3.05, 3.63) is 54.2 Å². The number of nitrogens with two attached hydrogens (primary N) is 1. The van der Waals surface area contributed by atoms with E-state index in [-0.39, 0.29) is 18.0 Å². The van der Waals surface area contributed by atoms with Gasteiger partial charge in [-0.25, -0.2) is 9.97 Å². The van der Waals surface area contributed by atoms with Gasteiger partial charge in [-0.15, -0.1) is 0 Å². The van der Waals surface area contributed by atoms with Crippen molar-refractivity contribution in [3.63, 3.8) is 0 Å². The predicted octanol–water partition coefficient (Wildman–Crippen LogP) is 4.47. The number of fused-ring (bicyclic) bond motifs is 1. The van der Waals surface area contributed by atoms with E-state index in [0.29, 0.717) is 23.8 Å². The highest BCUT2D eigenvalue weighted by atomic mass is 16.5. The lowest BCUT2D eigenvalue weighted by molar-refractivity contribution is 0.0612. The van der Waals surface area contributed by atoms with Crippen LogP contribution < -0.4 is 10.5 Å². The number of piperidine rings is 1. The first-order valence-corrected chi connectivity index (χ1v) is 13.2. The molecule has 192 valence electrons. The van der Waals surface area contributed by atoms with E-state index < -0.39 is 0 Å². The molecule has 1 saturated heterocycles. The van der Waals surface area contributed by atoms with E-state index in [4.69, 9.17) is 20.4 Å². The lowest BCUT2D eigenvalue weighted by Crippen LogP contribution is -2.50. The molecule has 0 unspecified atom stereocenters. The van der Waals surface area contributed by atoms with Crippen molar-refractivity contribution in [1.82, 2.24) is 24.0 Å². The zero-order valence-electron chi connectivity index (χ0n) is 21.7. The Morgan fingerprint density at radius 1 is 1.11 bits per heavy atom. The van der Waals surface area contributed by atoms with Gasteiger partial charge in [0, 0.05) is 43.3 Å². The molecule has 8 heteroatoms. The third-order valence-corrected chi connectivity index (χ3v) is 7.83. The second-order valence-electron chi connectivity index (χ2n) is 10.6. The molecule has 37 heavy (non-hydrogen) atoms. The minimum absolute atomic E-state index is 0.0118. The number of aromatic nitrogens is 4. The first-order valence-electron chi connectivity index (χ1n) is 13.2. The number of imidazole rings is 2. The maximum Gasteiger partial charge on any atom is 0.254 e. The molecule has 1 aliphatic carbocycles. The van der Waals surface area contributed by atoms with Crippen LogP contribution in [0.15, 0.2) is 48.7 Å². The second kappa shape index (κ2) is 9.34. The summed E-state index contributed by atoms with van der Waals surface area (Å²) in [4.78, 5) is 25.3. The van der Waals surface area contributed by atoms with Crippen molar-refractivity contribution >= 4 is 16.9 Å². The maximum absolute atomic E-state index is 13.5. The Balaban J connectivity index is 1.45. The van der Waals surface area contributed by atoms with Crippen LogP contribution in [0.3, 0.4) is 0 Å². The lowest BCUT2D eigenvalue weighted by atomic mass is 9.99. The number of methoxy groups -OCH3 is 1. The fourth-order valence-corrected chi connectivity index (χ4v) is 5.52. The molecule has 2 aromatic heterocycles. The number of benzene rings is 2. The molecule has 0 radical (unpaired) electrons. The zero-order valence-corrected chi connectivity index (χ0v) is 21.7. The summed E-state index contributed by atoms with van der Waals surface area (Å²) in [6, 6.07) is 14.2. The molecule has 2 N–H and O–H groups in total. The molecule has 3 heterocycles. The largest absolute Gasteiger partial charge is 0.494 e. The Morgan fingerprint density at radius 3 is 2.62 bits per heavy atom. The van der Waals surface area contributed by atoms with Gasteiger partial charge in [0.25, 0.3) is 5.91 Å². The number of carbonyl (C=O) groups is 1. The fourth-order valence-electron chi connectivity index (χ4n) is 5.52. The monoisotopic (exact) mass is 498 g/mol. The van der Waals surface area contributed by atoms with Gasteiger partial charge in [0.1, 0.15) is 22.8 Å². The standard InChI is InChI=1S/C29H34N6O2/c1-18-9-12-22(30)17-34(18)29(36)21-13-23-26(25(14-21)37-3)33(2)28(32-23)24-15-31-27(20-7-5-4-6-8-20)35(24)16-19-10-11-19/h4-8,13-15,18-19,22H,9-12,16-17,30H2,1-3H3/t18-,22+/m0/s1. The summed E-state index contributed by atoms with van der Waals surface area (Å²) in [5, 5.41) is 0. The zero-order chi connectivity index (χ0) is 25.7. The van der Waals surface area contributed by atoms with E-state index in [0.717, 1.165) is 53.3 Å². The Morgan fingerprint density at radius 2 is 1.89 bits per heavy atom. The van der Waals surface area contributed by atoms with Crippen molar-refractivity contribution in [3.8, 4) is 28.7 Å². The third-order valence-electron chi connectivity index (χ3n) is 7.83. The molecule has 1 amide bonds. The first kappa shape index (κ1) is 23.7. The van der Waals surface area contributed by atoms with Crippen molar-refractivity contribution in [2.45, 2.75) is 51.2 Å². The number of rotatable bonds is 6. The fraction of sp³-hybridized carbons (Fsp3) is 0.414. The maximum atomic E-state index is 13.5. The van der Waals surface area contributed by atoms with Gasteiger partial charge in [0.2, 0.25) is 0 Å². The van der Waals surface area contributed by atoms with E-state index in [1.54, 1.807) is 7.11 Å². The molecule has 4 aromatic rings. The predicted molar refractivity (Wildman–Crippen MR) is 144 cm³/mol. The smallest absolute Gasteiger partial charge is 0.254 e. The van der Waals surface area contributed by atoms with Gasteiger partial charge < -0.3 is 24.5 Å². The molecule has 2 atom stereocenters. The summed E-state index contributed by atoms with van der Waals surface area (Å²) in [6.45, 7) is 3.57. The second-order valence-corrected chi connectivity index (χ2v) is 10.6. The molecule has 1 aliphatic heterocycles. The van der Waals surface area contributed by atoms with Gasteiger partial charge >= 0.3 is 0 Å². The first-order chi connectivity index (χ1) is 17.9. The summed E-state index contributed by atoms with van der Waals surface area (Å²) in [5.41, 5.74) is 10.4. The molecule has 0 spiro atoms. The van der Waals surface area contributed by atoms with Gasteiger partial charge in [-0.2, -0.15) is 0 Å². The van der Waals surface area contributed by atoms with Crippen molar-refractivity contribution in [1.29, 1.82) is 0 Å². The van der Waals surface area contributed by atoms with Crippen molar-refractivity contribution in [2.75, 3.05) is 13.7 Å². The van der Waals surface area contributed by atoms with Crippen LogP contribution >= 0.6 is 0 Å². The summed E-state index contributed by atoms with van der Waals surface area (Å²) in [5.74, 6) is 3.03. The van der Waals surface area contributed by atoms with Gasteiger partial charge in [-0.1, -0.05) is 30.3 Å². The van der Waals surface area contributed by atoms with Crippen LogP contribution in [-0.4, -0.2) is 55.6 Å². The van der Waals surface area contributed by atoms with Crippen LogP contribution in [0.4, 0.5) is 0 Å². The highest BCUT2D eigenvalue weighted by Crippen LogP contribution is 2.37. The quantitative estimate of drug-likeness (QED) is 0.423. The Kier molecular flexibility index (Phi) is 5.99. The van der Waals surface area contributed by atoms with Crippen LogP contribution in [-0.2, 0) is 13.6 Å². The Hall–Kier alpha value is -3.65.